The molecule has 1 spiro atoms. The highest BCUT2D eigenvalue weighted by Crippen LogP contribution is 2.41. The summed E-state index contributed by atoms with van der Waals surface area (Å²) in [7, 11) is 0. The number of ether oxygens (including phenoxy) is 2. The van der Waals surface area contributed by atoms with Crippen LogP contribution in [-0.2, 0) is 9.47 Å². The van der Waals surface area contributed by atoms with Gasteiger partial charge in [-0.05, 0) is 54.4 Å². The molecule has 6 heteroatoms. The second kappa shape index (κ2) is 6.81. The Labute approximate surface area is 145 Å². The monoisotopic (exact) mass is 344 g/mol. The summed E-state index contributed by atoms with van der Waals surface area (Å²) in [5.74, 6) is 0. The van der Waals surface area contributed by atoms with E-state index in [2.05, 4.69) is 25.5 Å². The number of hydrogen-bond acceptors (Lipinski definition) is 5. The van der Waals surface area contributed by atoms with Crippen LogP contribution in [0.2, 0.25) is 0 Å². The van der Waals surface area contributed by atoms with Crippen LogP contribution in [0.25, 0.3) is 0 Å². The van der Waals surface area contributed by atoms with Gasteiger partial charge in [-0.2, -0.15) is 0 Å². The van der Waals surface area contributed by atoms with Crippen LogP contribution in [0.1, 0.15) is 54.4 Å². The highest BCUT2D eigenvalue weighted by molar-refractivity contribution is 7.98. The van der Waals surface area contributed by atoms with E-state index in [1.165, 1.54) is 0 Å². The summed E-state index contributed by atoms with van der Waals surface area (Å²) < 4.78 is 15.1. The Morgan fingerprint density at radius 1 is 1.22 bits per heavy atom. The summed E-state index contributed by atoms with van der Waals surface area (Å²) >= 11 is 1.78. The van der Waals surface area contributed by atoms with Crippen molar-refractivity contribution < 1.29 is 14.3 Å². The quantitative estimate of drug-likeness (QED) is 0.778. The number of carbonyl (C=O) groups is 1. The third-order valence-electron chi connectivity index (χ3n) is 4.33. The van der Waals surface area contributed by atoms with Crippen LogP contribution in [0.4, 0.5) is 4.79 Å². The van der Waals surface area contributed by atoms with Gasteiger partial charge in [-0.15, -0.1) is 0 Å². The zero-order valence-corrected chi connectivity index (χ0v) is 16.2. The summed E-state index contributed by atoms with van der Waals surface area (Å²) in [6, 6.07) is 0.354. The molecule has 0 aromatic heterocycles. The smallest absolute Gasteiger partial charge is 0.410 e. The van der Waals surface area contributed by atoms with E-state index in [0.717, 1.165) is 39.1 Å². The molecule has 0 unspecified atom stereocenters. The van der Waals surface area contributed by atoms with Gasteiger partial charge in [-0.1, -0.05) is 11.9 Å². The van der Waals surface area contributed by atoms with Gasteiger partial charge in [0, 0.05) is 29.3 Å². The lowest BCUT2D eigenvalue weighted by molar-refractivity contribution is 0.00673. The Kier molecular flexibility index (Phi) is 5.58. The van der Waals surface area contributed by atoms with Crippen LogP contribution in [0, 0.1) is 5.41 Å². The summed E-state index contributed by atoms with van der Waals surface area (Å²) in [6.07, 6.45) is 1.74. The molecule has 2 heterocycles. The maximum Gasteiger partial charge on any atom is 0.410 e. The Bertz CT molecular complexity index is 421. The summed E-state index contributed by atoms with van der Waals surface area (Å²) in [6.45, 7) is 15.4. The third-order valence-corrected chi connectivity index (χ3v) is 5.35. The molecule has 1 atom stereocenters. The van der Waals surface area contributed by atoms with Crippen LogP contribution in [0.3, 0.4) is 0 Å². The molecular weight excluding hydrogens is 312 g/mol. The summed E-state index contributed by atoms with van der Waals surface area (Å²) in [5.41, 5.74) is -0.285. The van der Waals surface area contributed by atoms with Crippen LogP contribution in [0.15, 0.2) is 0 Å². The van der Waals surface area contributed by atoms with E-state index in [1.807, 2.05) is 25.7 Å². The molecule has 2 aliphatic rings. The first-order valence-corrected chi connectivity index (χ1v) is 9.32. The summed E-state index contributed by atoms with van der Waals surface area (Å²) in [4.78, 5) is 14.0. The first-order valence-electron chi connectivity index (χ1n) is 8.50. The van der Waals surface area contributed by atoms with E-state index in [-0.39, 0.29) is 16.3 Å². The van der Waals surface area contributed by atoms with Crippen LogP contribution in [-0.4, -0.2) is 53.7 Å². The molecule has 0 aromatic carbocycles. The molecule has 23 heavy (non-hydrogen) atoms. The fourth-order valence-electron chi connectivity index (χ4n) is 3.02. The zero-order chi connectivity index (χ0) is 17.3. The lowest BCUT2D eigenvalue weighted by Crippen LogP contribution is -2.52. The summed E-state index contributed by atoms with van der Waals surface area (Å²) in [5, 5.41) is 0. The van der Waals surface area contributed by atoms with Gasteiger partial charge < -0.3 is 14.4 Å². The molecular formula is C17H32N2O3S. The van der Waals surface area contributed by atoms with Crippen molar-refractivity contribution in [3.05, 3.63) is 0 Å². The highest BCUT2D eigenvalue weighted by atomic mass is 32.2. The number of hydrogen-bond donors (Lipinski definition) is 1. The Balaban J connectivity index is 1.90. The van der Waals surface area contributed by atoms with Gasteiger partial charge in [0.1, 0.15) is 5.60 Å². The largest absolute Gasteiger partial charge is 0.444 e. The highest BCUT2D eigenvalue weighted by Gasteiger charge is 2.47. The molecule has 1 N–H and O–H groups in total. The minimum atomic E-state index is -0.434. The Morgan fingerprint density at radius 2 is 1.83 bits per heavy atom. The second-order valence-electron chi connectivity index (χ2n) is 8.73. The molecule has 1 amide bonds. The average Bonchev–Trinajstić information content (AvgIpc) is 2.77. The molecule has 2 fully saturated rings. The van der Waals surface area contributed by atoms with Gasteiger partial charge in [-0.3, -0.25) is 4.72 Å². The molecule has 2 aliphatic heterocycles. The van der Waals surface area contributed by atoms with Crippen molar-refractivity contribution in [3.8, 4) is 0 Å². The number of carbonyl (C=O) groups excluding carboxylic acids is 1. The maximum absolute atomic E-state index is 12.2. The minimum Gasteiger partial charge on any atom is -0.444 e. The molecule has 134 valence electrons. The predicted molar refractivity (Wildman–Crippen MR) is 94.6 cm³/mol. The second-order valence-corrected chi connectivity index (χ2v) is 10.4. The lowest BCUT2D eigenvalue weighted by Gasteiger charge is -2.42. The molecule has 0 bridgehead atoms. The predicted octanol–water partition coefficient (Wildman–Crippen LogP) is 3.44. The molecule has 2 rings (SSSR count). The van der Waals surface area contributed by atoms with Gasteiger partial charge in [-0.25, -0.2) is 4.79 Å². The van der Waals surface area contributed by atoms with E-state index in [0.29, 0.717) is 6.04 Å². The van der Waals surface area contributed by atoms with Crippen molar-refractivity contribution in [2.75, 3.05) is 26.3 Å². The minimum absolute atomic E-state index is 0.150. The SMILES string of the molecule is CC(C)(C)OC(=O)N1CCC2(CC1)COC[C@H]2NSC(C)(C)C. The molecule has 0 saturated carbocycles. The normalized spacial score (nSPS) is 25.0. The molecule has 2 saturated heterocycles. The standard InChI is InChI=1S/C17H32N2O3S/c1-15(2,3)22-14(20)19-9-7-17(8-10-19)12-21-11-13(17)18-23-16(4,5)6/h13,18H,7-12H2,1-6H3/t13-/m1/s1. The van der Waals surface area contributed by atoms with E-state index in [1.54, 1.807) is 11.9 Å². The Hall–Kier alpha value is -0.460. The van der Waals surface area contributed by atoms with Gasteiger partial charge in [0.2, 0.25) is 0 Å². The van der Waals surface area contributed by atoms with Gasteiger partial charge in [0.05, 0.1) is 13.2 Å². The van der Waals surface area contributed by atoms with E-state index in [4.69, 9.17) is 9.47 Å². The van der Waals surface area contributed by atoms with Crippen molar-refractivity contribution in [1.29, 1.82) is 0 Å². The van der Waals surface area contributed by atoms with Crippen molar-refractivity contribution in [3.63, 3.8) is 0 Å². The zero-order valence-electron chi connectivity index (χ0n) is 15.4. The lowest BCUT2D eigenvalue weighted by atomic mass is 9.75. The fourth-order valence-corrected chi connectivity index (χ4v) is 3.83. The van der Waals surface area contributed by atoms with Crippen LogP contribution >= 0.6 is 11.9 Å². The number of nitrogens with zero attached hydrogens (tertiary/aromatic N) is 1. The number of nitrogens with one attached hydrogen (secondary N) is 1. The molecule has 0 radical (unpaired) electrons. The first-order chi connectivity index (χ1) is 10.5. The average molecular weight is 345 g/mol. The van der Waals surface area contributed by atoms with Crippen LogP contribution < -0.4 is 4.72 Å². The van der Waals surface area contributed by atoms with Gasteiger partial charge >= 0.3 is 6.09 Å². The van der Waals surface area contributed by atoms with Crippen molar-refractivity contribution >= 4 is 18.0 Å². The number of likely N-dealkylation sites (tertiary alicyclic amines) is 1. The number of piperidine rings is 1. The molecule has 0 aliphatic carbocycles. The topological polar surface area (TPSA) is 50.8 Å². The fraction of sp³-hybridized carbons (Fsp3) is 0.941. The first kappa shape index (κ1) is 18.9. The van der Waals surface area contributed by atoms with E-state index >= 15 is 0 Å². The van der Waals surface area contributed by atoms with E-state index < -0.39 is 5.60 Å². The Morgan fingerprint density at radius 3 is 2.35 bits per heavy atom. The van der Waals surface area contributed by atoms with Crippen LogP contribution in [0.5, 0.6) is 0 Å². The van der Waals surface area contributed by atoms with Gasteiger partial charge in [0.25, 0.3) is 0 Å². The molecule has 5 nitrogen and oxygen atoms in total. The van der Waals surface area contributed by atoms with Crippen molar-refractivity contribution in [2.45, 2.75) is 70.8 Å². The van der Waals surface area contributed by atoms with Crippen molar-refractivity contribution in [1.82, 2.24) is 9.62 Å². The van der Waals surface area contributed by atoms with E-state index in [9.17, 15) is 4.79 Å². The number of rotatable bonds is 2. The molecule has 0 aromatic rings. The third kappa shape index (κ3) is 5.26. The maximum atomic E-state index is 12.2. The van der Waals surface area contributed by atoms with Crippen molar-refractivity contribution in [2.24, 2.45) is 5.41 Å². The van der Waals surface area contributed by atoms with Gasteiger partial charge in [0.15, 0.2) is 0 Å². The number of amides is 1.